The fourth-order valence-corrected chi connectivity index (χ4v) is 10.3. The number of esters is 3. The van der Waals surface area contributed by atoms with Gasteiger partial charge in [-0.3, -0.25) is 14.4 Å². The molecular formula is C76H134O6. The van der Waals surface area contributed by atoms with Crippen LogP contribution in [0.25, 0.3) is 0 Å². The molecule has 82 heavy (non-hydrogen) atoms. The number of hydrogen-bond acceptors (Lipinski definition) is 6. The second kappa shape index (κ2) is 70.1. The first-order valence-corrected chi connectivity index (χ1v) is 35.6. The summed E-state index contributed by atoms with van der Waals surface area (Å²) in [6.45, 7) is 6.49. The van der Waals surface area contributed by atoms with Crippen LogP contribution in [0.5, 0.6) is 0 Å². The third-order valence-corrected chi connectivity index (χ3v) is 15.6. The molecule has 474 valence electrons. The molecule has 0 aliphatic rings. The van der Waals surface area contributed by atoms with Gasteiger partial charge in [-0.1, -0.05) is 331 Å². The van der Waals surface area contributed by atoms with Crippen LogP contribution < -0.4 is 0 Å². The zero-order chi connectivity index (χ0) is 59.2. The highest BCUT2D eigenvalue weighted by atomic mass is 16.6. The molecule has 6 nitrogen and oxygen atoms in total. The van der Waals surface area contributed by atoms with Gasteiger partial charge in [-0.25, -0.2) is 0 Å². The van der Waals surface area contributed by atoms with Crippen LogP contribution in [-0.4, -0.2) is 37.2 Å². The standard InChI is InChI=1S/C76H134O6/c1-4-7-10-13-16-18-20-22-24-26-28-30-32-33-34-35-36-37-38-39-40-41-42-43-45-46-48-50-52-54-56-58-60-63-66-69-75(78)81-72-73(71-80-74(77)68-65-62-15-12-9-6-3)82-76(79)70-67-64-61-59-57-55-53-51-49-47-44-31-29-27-25-23-21-19-17-14-11-8-5-2/h7,10,16,18,21-24,27-30,44,47,73H,4-6,8-9,11-15,17,19-20,25-26,31-43,45-46,48-72H2,1-3H3/b10-7-,18-16-,23-21-,24-22-,29-27-,30-28-,47-44-. The minimum atomic E-state index is -0.776. The van der Waals surface area contributed by atoms with Crippen LogP contribution in [0.1, 0.15) is 361 Å². The largest absolute Gasteiger partial charge is 0.462 e. The SMILES string of the molecule is CC/C=C\C/C=C\C/C=C\C/C=C\CCCCCCCCCCCCCCCCCCCCCCCCC(=O)OCC(COC(=O)CCCCCCCC)OC(=O)CCCCCCCCCC/C=C\C/C=C\C/C=C\CCCCCCC. The van der Waals surface area contributed by atoms with Crippen molar-refractivity contribution in [2.75, 3.05) is 13.2 Å². The molecule has 0 bridgehead atoms. The molecule has 0 amide bonds. The number of ether oxygens (including phenoxy) is 3. The Kier molecular flexibility index (Phi) is 67.2. The van der Waals surface area contributed by atoms with Crippen molar-refractivity contribution >= 4 is 17.9 Å². The molecule has 0 aromatic heterocycles. The number of carbonyl (C=O) groups excluding carboxylic acids is 3. The molecule has 0 rings (SSSR count). The molecule has 1 atom stereocenters. The summed E-state index contributed by atoms with van der Waals surface area (Å²) in [5.74, 6) is -0.874. The first-order valence-electron chi connectivity index (χ1n) is 35.6. The molecule has 0 saturated heterocycles. The number of rotatable bonds is 65. The summed E-state index contributed by atoms with van der Waals surface area (Å²) in [6.07, 6.45) is 93.8. The van der Waals surface area contributed by atoms with E-state index in [9.17, 15) is 14.4 Å². The van der Waals surface area contributed by atoms with Gasteiger partial charge in [0.1, 0.15) is 13.2 Å². The van der Waals surface area contributed by atoms with Gasteiger partial charge < -0.3 is 14.2 Å². The van der Waals surface area contributed by atoms with Gasteiger partial charge >= 0.3 is 17.9 Å². The van der Waals surface area contributed by atoms with Crippen LogP contribution in [-0.2, 0) is 28.6 Å². The van der Waals surface area contributed by atoms with Gasteiger partial charge in [0, 0.05) is 19.3 Å². The quantitative estimate of drug-likeness (QED) is 0.0261. The highest BCUT2D eigenvalue weighted by molar-refractivity contribution is 5.71. The molecule has 0 fully saturated rings. The Balaban J connectivity index is 3.96. The topological polar surface area (TPSA) is 78.9 Å². The number of unbranched alkanes of at least 4 members (excludes halogenated alkanes) is 40. The Morgan fingerprint density at radius 1 is 0.256 bits per heavy atom. The molecule has 0 aliphatic carbocycles. The molecule has 0 spiro atoms. The van der Waals surface area contributed by atoms with Crippen molar-refractivity contribution in [1.82, 2.24) is 0 Å². The smallest absolute Gasteiger partial charge is 0.306 e. The molecule has 1 unspecified atom stereocenters. The van der Waals surface area contributed by atoms with Crippen molar-refractivity contribution in [3.8, 4) is 0 Å². The lowest BCUT2D eigenvalue weighted by Gasteiger charge is -2.18. The minimum absolute atomic E-state index is 0.0746. The Morgan fingerprint density at radius 2 is 0.476 bits per heavy atom. The maximum atomic E-state index is 12.9. The molecule has 0 radical (unpaired) electrons. The Labute approximate surface area is 509 Å². The summed E-state index contributed by atoms with van der Waals surface area (Å²) in [5.41, 5.74) is 0. The zero-order valence-electron chi connectivity index (χ0n) is 54.5. The van der Waals surface area contributed by atoms with Gasteiger partial charge in [0.2, 0.25) is 0 Å². The summed E-state index contributed by atoms with van der Waals surface area (Å²) in [6, 6.07) is 0. The molecular weight excluding hydrogens is 1010 g/mol. The van der Waals surface area contributed by atoms with E-state index in [0.717, 1.165) is 103 Å². The monoisotopic (exact) mass is 1140 g/mol. The van der Waals surface area contributed by atoms with E-state index in [4.69, 9.17) is 14.2 Å². The van der Waals surface area contributed by atoms with Crippen LogP contribution in [0.3, 0.4) is 0 Å². The van der Waals surface area contributed by atoms with Crippen molar-refractivity contribution in [3.05, 3.63) is 85.1 Å². The number of hydrogen-bond donors (Lipinski definition) is 0. The second-order valence-electron chi connectivity index (χ2n) is 23.8. The number of carbonyl (C=O) groups is 3. The lowest BCUT2D eigenvalue weighted by Crippen LogP contribution is -2.30. The third-order valence-electron chi connectivity index (χ3n) is 15.6. The highest BCUT2D eigenvalue weighted by Gasteiger charge is 2.19. The van der Waals surface area contributed by atoms with Crippen LogP contribution in [0, 0.1) is 0 Å². The Hall–Kier alpha value is -3.41. The molecule has 6 heteroatoms. The van der Waals surface area contributed by atoms with E-state index < -0.39 is 6.10 Å². The maximum absolute atomic E-state index is 12.9. The van der Waals surface area contributed by atoms with Gasteiger partial charge in [-0.05, 0) is 96.3 Å². The average molecular weight is 1140 g/mol. The van der Waals surface area contributed by atoms with Gasteiger partial charge in [0.25, 0.3) is 0 Å². The predicted octanol–water partition coefficient (Wildman–Crippen LogP) is 24.6. The molecule has 0 aromatic carbocycles. The summed E-state index contributed by atoms with van der Waals surface area (Å²) in [7, 11) is 0. The molecule has 0 aromatic rings. The maximum Gasteiger partial charge on any atom is 0.306 e. The second-order valence-corrected chi connectivity index (χ2v) is 23.8. The van der Waals surface area contributed by atoms with Gasteiger partial charge in [-0.2, -0.15) is 0 Å². The number of allylic oxidation sites excluding steroid dienone is 14. The Bertz CT molecular complexity index is 1550. The van der Waals surface area contributed by atoms with Crippen LogP contribution >= 0.6 is 0 Å². The summed E-state index contributed by atoms with van der Waals surface area (Å²) >= 11 is 0. The first-order chi connectivity index (χ1) is 40.5. The molecule has 0 N–H and O–H groups in total. The van der Waals surface area contributed by atoms with Gasteiger partial charge in [0.15, 0.2) is 6.10 Å². The lowest BCUT2D eigenvalue weighted by atomic mass is 10.0. The van der Waals surface area contributed by atoms with Gasteiger partial charge in [-0.15, -0.1) is 0 Å². The van der Waals surface area contributed by atoms with Crippen molar-refractivity contribution in [3.63, 3.8) is 0 Å². The third kappa shape index (κ3) is 67.4. The van der Waals surface area contributed by atoms with E-state index in [1.165, 1.54) is 218 Å². The molecule has 0 aliphatic heterocycles. The normalized spacial score (nSPS) is 12.6. The fraction of sp³-hybridized carbons (Fsp3) is 0.776. The van der Waals surface area contributed by atoms with E-state index in [2.05, 4.69) is 106 Å². The van der Waals surface area contributed by atoms with E-state index >= 15 is 0 Å². The first kappa shape index (κ1) is 78.6. The van der Waals surface area contributed by atoms with Gasteiger partial charge in [0.05, 0.1) is 0 Å². The minimum Gasteiger partial charge on any atom is -0.462 e. The molecule has 0 saturated carbocycles. The van der Waals surface area contributed by atoms with Crippen molar-refractivity contribution in [2.45, 2.75) is 367 Å². The van der Waals surface area contributed by atoms with E-state index in [0.29, 0.717) is 19.3 Å². The predicted molar refractivity (Wildman–Crippen MR) is 358 cm³/mol. The molecule has 0 heterocycles. The van der Waals surface area contributed by atoms with Crippen LogP contribution in [0.2, 0.25) is 0 Å². The van der Waals surface area contributed by atoms with Crippen LogP contribution in [0.4, 0.5) is 0 Å². The summed E-state index contributed by atoms with van der Waals surface area (Å²) < 4.78 is 16.8. The summed E-state index contributed by atoms with van der Waals surface area (Å²) in [4.78, 5) is 38.1. The van der Waals surface area contributed by atoms with E-state index in [-0.39, 0.29) is 31.1 Å². The fourth-order valence-electron chi connectivity index (χ4n) is 10.3. The Morgan fingerprint density at radius 3 is 0.744 bits per heavy atom. The van der Waals surface area contributed by atoms with E-state index in [1.807, 2.05) is 0 Å². The van der Waals surface area contributed by atoms with Crippen molar-refractivity contribution in [1.29, 1.82) is 0 Å². The highest BCUT2D eigenvalue weighted by Crippen LogP contribution is 2.18. The van der Waals surface area contributed by atoms with Crippen molar-refractivity contribution < 1.29 is 28.6 Å². The average Bonchev–Trinajstić information content (AvgIpc) is 3.47. The lowest BCUT2D eigenvalue weighted by molar-refractivity contribution is -0.167. The van der Waals surface area contributed by atoms with Crippen LogP contribution in [0.15, 0.2) is 85.1 Å². The van der Waals surface area contributed by atoms with E-state index in [1.54, 1.807) is 0 Å². The summed E-state index contributed by atoms with van der Waals surface area (Å²) in [5, 5.41) is 0. The van der Waals surface area contributed by atoms with Crippen molar-refractivity contribution in [2.24, 2.45) is 0 Å². The zero-order valence-corrected chi connectivity index (χ0v) is 54.5.